The number of carbonyl (C=O) groups is 3. The molecule has 168 valence electrons. The number of hydrogen-bond acceptors (Lipinski definition) is 6. The van der Waals surface area contributed by atoms with Gasteiger partial charge in [-0.1, -0.05) is 6.07 Å². The first-order chi connectivity index (χ1) is 15.3. The Bertz CT molecular complexity index is 1060. The van der Waals surface area contributed by atoms with Gasteiger partial charge in [0.1, 0.15) is 11.5 Å². The molecule has 32 heavy (non-hydrogen) atoms. The molecule has 0 aliphatic carbocycles. The van der Waals surface area contributed by atoms with E-state index in [1.165, 1.54) is 28.5 Å². The fraction of sp³-hybridized carbons (Fsp3) is 0.435. The van der Waals surface area contributed by atoms with Gasteiger partial charge in [-0.2, -0.15) is 0 Å². The monoisotopic (exact) mass is 436 g/mol. The maximum absolute atomic E-state index is 12.9. The van der Waals surface area contributed by atoms with E-state index in [-0.39, 0.29) is 17.8 Å². The van der Waals surface area contributed by atoms with Crippen LogP contribution in [0.4, 0.5) is 16.3 Å². The summed E-state index contributed by atoms with van der Waals surface area (Å²) >= 11 is 0. The van der Waals surface area contributed by atoms with E-state index in [1.807, 2.05) is 6.92 Å². The Morgan fingerprint density at radius 1 is 0.938 bits per heavy atom. The van der Waals surface area contributed by atoms with Crippen molar-refractivity contribution in [3.63, 3.8) is 0 Å². The van der Waals surface area contributed by atoms with Gasteiger partial charge in [0, 0.05) is 51.9 Å². The van der Waals surface area contributed by atoms with Crippen LogP contribution in [0.5, 0.6) is 0 Å². The summed E-state index contributed by atoms with van der Waals surface area (Å²) in [6.07, 6.45) is 1.52. The lowest BCUT2D eigenvalue weighted by atomic mass is 10.1. The Labute approximate surface area is 187 Å². The molecule has 0 radical (unpaired) electrons. The van der Waals surface area contributed by atoms with Crippen LogP contribution >= 0.6 is 0 Å². The number of rotatable bonds is 3. The predicted molar refractivity (Wildman–Crippen MR) is 121 cm³/mol. The number of amides is 4. The van der Waals surface area contributed by atoms with Gasteiger partial charge in [0.05, 0.1) is 11.9 Å². The SMILES string of the molecule is CC(=O)N1CCN(c2ccc(C(=O)N3CCN(c4nc(C)c(C)cc4C)CC3)nc2)C1=O. The van der Waals surface area contributed by atoms with Crippen LogP contribution in [0, 0.1) is 20.8 Å². The molecule has 2 aromatic rings. The Balaban J connectivity index is 1.39. The van der Waals surface area contributed by atoms with Crippen molar-refractivity contribution in [3.8, 4) is 0 Å². The first-order valence-corrected chi connectivity index (χ1v) is 10.8. The summed E-state index contributed by atoms with van der Waals surface area (Å²) in [5.74, 6) is 0.583. The molecular formula is C23H28N6O3. The van der Waals surface area contributed by atoms with Crippen LogP contribution < -0.4 is 9.80 Å². The van der Waals surface area contributed by atoms with Gasteiger partial charge in [0.15, 0.2) is 0 Å². The highest BCUT2D eigenvalue weighted by Gasteiger charge is 2.32. The van der Waals surface area contributed by atoms with Gasteiger partial charge in [0.25, 0.3) is 5.91 Å². The average Bonchev–Trinajstić information content (AvgIpc) is 3.17. The van der Waals surface area contributed by atoms with Crippen LogP contribution in [0.15, 0.2) is 24.4 Å². The highest BCUT2D eigenvalue weighted by Crippen LogP contribution is 2.23. The number of anilines is 2. The molecule has 4 heterocycles. The van der Waals surface area contributed by atoms with Crippen LogP contribution in [0.2, 0.25) is 0 Å². The normalized spacial score (nSPS) is 16.7. The smallest absolute Gasteiger partial charge is 0.331 e. The topological polar surface area (TPSA) is 90.0 Å². The minimum atomic E-state index is -0.357. The lowest BCUT2D eigenvalue weighted by molar-refractivity contribution is -0.125. The van der Waals surface area contributed by atoms with Crippen LogP contribution in [0.3, 0.4) is 0 Å². The first kappa shape index (κ1) is 21.7. The Kier molecular flexibility index (Phi) is 5.82. The molecule has 0 atom stereocenters. The molecule has 0 unspecified atom stereocenters. The quantitative estimate of drug-likeness (QED) is 0.732. The van der Waals surface area contributed by atoms with Gasteiger partial charge in [0.2, 0.25) is 5.91 Å². The second-order valence-corrected chi connectivity index (χ2v) is 8.32. The predicted octanol–water partition coefficient (Wildman–Crippen LogP) is 2.15. The Morgan fingerprint density at radius 3 is 2.25 bits per heavy atom. The zero-order valence-electron chi connectivity index (χ0n) is 19.0. The van der Waals surface area contributed by atoms with E-state index in [9.17, 15) is 14.4 Å². The van der Waals surface area contributed by atoms with Gasteiger partial charge in [-0.15, -0.1) is 0 Å². The Morgan fingerprint density at radius 2 is 1.66 bits per heavy atom. The summed E-state index contributed by atoms with van der Waals surface area (Å²) in [5, 5.41) is 0. The van der Waals surface area contributed by atoms with E-state index in [0.717, 1.165) is 17.1 Å². The van der Waals surface area contributed by atoms with Crippen molar-refractivity contribution < 1.29 is 14.4 Å². The summed E-state index contributed by atoms with van der Waals surface area (Å²) in [6, 6.07) is 5.15. The molecule has 9 nitrogen and oxygen atoms in total. The molecule has 2 saturated heterocycles. The third-order valence-corrected chi connectivity index (χ3v) is 6.16. The fourth-order valence-electron chi connectivity index (χ4n) is 4.17. The summed E-state index contributed by atoms with van der Waals surface area (Å²) in [4.78, 5) is 52.6. The van der Waals surface area contributed by atoms with Gasteiger partial charge in [-0.25, -0.2) is 14.8 Å². The number of pyridine rings is 2. The molecule has 2 aliphatic rings. The third-order valence-electron chi connectivity index (χ3n) is 6.16. The summed E-state index contributed by atoms with van der Waals surface area (Å²) < 4.78 is 0. The maximum atomic E-state index is 12.9. The van der Waals surface area contributed by atoms with E-state index < -0.39 is 0 Å². The number of aromatic nitrogens is 2. The van der Waals surface area contributed by atoms with E-state index in [1.54, 1.807) is 17.0 Å². The van der Waals surface area contributed by atoms with Crippen LogP contribution in [0.1, 0.15) is 34.2 Å². The molecule has 0 spiro atoms. The number of imide groups is 1. The number of carbonyl (C=O) groups excluding carboxylic acids is 3. The third kappa shape index (κ3) is 4.02. The van der Waals surface area contributed by atoms with Gasteiger partial charge >= 0.3 is 6.03 Å². The number of piperazine rings is 1. The number of nitrogens with zero attached hydrogens (tertiary/aromatic N) is 6. The second-order valence-electron chi connectivity index (χ2n) is 8.32. The zero-order chi connectivity index (χ0) is 23.0. The van der Waals surface area contributed by atoms with Crippen molar-refractivity contribution in [1.29, 1.82) is 0 Å². The molecule has 0 N–H and O–H groups in total. The van der Waals surface area contributed by atoms with Crippen LogP contribution in [-0.2, 0) is 4.79 Å². The number of hydrogen-bond donors (Lipinski definition) is 0. The average molecular weight is 437 g/mol. The molecular weight excluding hydrogens is 408 g/mol. The highest BCUT2D eigenvalue weighted by molar-refractivity contribution is 6.04. The Hall–Kier alpha value is -3.49. The summed E-state index contributed by atoms with van der Waals surface area (Å²) in [5.41, 5.74) is 4.27. The molecule has 0 bridgehead atoms. The highest BCUT2D eigenvalue weighted by atomic mass is 16.2. The summed E-state index contributed by atoms with van der Waals surface area (Å²) in [7, 11) is 0. The van der Waals surface area contributed by atoms with Crippen LogP contribution in [0.25, 0.3) is 0 Å². The zero-order valence-corrected chi connectivity index (χ0v) is 19.0. The van der Waals surface area contributed by atoms with E-state index in [0.29, 0.717) is 50.6 Å². The standard InChI is InChI=1S/C23H28N6O3/c1-15-13-16(2)21(25-17(15)3)26-7-9-27(10-8-26)22(31)20-6-5-19(14-24-20)29-12-11-28(18(4)30)23(29)32/h5-6,13-14H,7-12H2,1-4H3. The molecule has 2 aromatic heterocycles. The minimum Gasteiger partial charge on any atom is -0.353 e. The largest absolute Gasteiger partial charge is 0.353 e. The maximum Gasteiger partial charge on any atom is 0.331 e. The molecule has 0 saturated carbocycles. The minimum absolute atomic E-state index is 0.126. The first-order valence-electron chi connectivity index (χ1n) is 10.8. The molecule has 4 rings (SSSR count). The fourth-order valence-corrected chi connectivity index (χ4v) is 4.17. The number of urea groups is 1. The van der Waals surface area contributed by atoms with Gasteiger partial charge in [-0.3, -0.25) is 19.4 Å². The van der Waals surface area contributed by atoms with Gasteiger partial charge < -0.3 is 9.80 Å². The van der Waals surface area contributed by atoms with Crippen LogP contribution in [-0.4, -0.2) is 76.9 Å². The summed E-state index contributed by atoms with van der Waals surface area (Å²) in [6.45, 7) is 10.9. The van der Waals surface area contributed by atoms with E-state index >= 15 is 0 Å². The van der Waals surface area contributed by atoms with E-state index in [2.05, 4.69) is 29.8 Å². The lowest BCUT2D eigenvalue weighted by Crippen LogP contribution is -2.49. The van der Waals surface area contributed by atoms with Crippen molar-refractivity contribution in [2.75, 3.05) is 49.1 Å². The van der Waals surface area contributed by atoms with E-state index in [4.69, 9.17) is 4.98 Å². The number of aryl methyl sites for hydroxylation is 3. The lowest BCUT2D eigenvalue weighted by Gasteiger charge is -2.36. The molecule has 2 fully saturated rings. The van der Waals surface area contributed by atoms with Crippen molar-refractivity contribution in [1.82, 2.24) is 19.8 Å². The molecule has 0 aromatic carbocycles. The van der Waals surface area contributed by atoms with Crippen molar-refractivity contribution >= 4 is 29.4 Å². The second kappa shape index (κ2) is 8.57. The van der Waals surface area contributed by atoms with Crippen molar-refractivity contribution in [2.24, 2.45) is 0 Å². The van der Waals surface area contributed by atoms with Crippen molar-refractivity contribution in [2.45, 2.75) is 27.7 Å². The molecule has 4 amide bonds. The molecule has 2 aliphatic heterocycles. The van der Waals surface area contributed by atoms with Gasteiger partial charge in [-0.05, 0) is 44.0 Å². The van der Waals surface area contributed by atoms with Crippen molar-refractivity contribution in [3.05, 3.63) is 46.9 Å². The molecule has 9 heteroatoms.